The Bertz CT molecular complexity index is 323. The lowest BCUT2D eigenvalue weighted by molar-refractivity contribution is -0.154. The lowest BCUT2D eigenvalue weighted by Crippen LogP contribution is -2.25. The van der Waals surface area contributed by atoms with Gasteiger partial charge in [0.2, 0.25) is 0 Å². The molecule has 0 spiro atoms. The summed E-state index contributed by atoms with van der Waals surface area (Å²) in [4.78, 5) is 15.5. The molecule has 0 unspecified atom stereocenters. The molecule has 1 rings (SSSR count). The van der Waals surface area contributed by atoms with E-state index >= 15 is 0 Å². The summed E-state index contributed by atoms with van der Waals surface area (Å²) in [6.45, 7) is 5.55. The van der Waals surface area contributed by atoms with Gasteiger partial charge in [0, 0.05) is 19.4 Å². The SMILES string of the molecule is Cn1ccnc1CC(=O)OC(C)(C)C. The van der Waals surface area contributed by atoms with Gasteiger partial charge in [-0.1, -0.05) is 0 Å². The van der Waals surface area contributed by atoms with Gasteiger partial charge in [-0.2, -0.15) is 0 Å². The molecule has 0 saturated heterocycles. The lowest BCUT2D eigenvalue weighted by Gasteiger charge is -2.19. The van der Waals surface area contributed by atoms with Crippen LogP contribution < -0.4 is 0 Å². The molecule has 0 fully saturated rings. The second-order valence-corrected chi connectivity index (χ2v) is 4.22. The summed E-state index contributed by atoms with van der Waals surface area (Å²) in [5, 5.41) is 0. The Balaban J connectivity index is 2.54. The van der Waals surface area contributed by atoms with Crippen LogP contribution in [0.5, 0.6) is 0 Å². The smallest absolute Gasteiger partial charge is 0.313 e. The van der Waals surface area contributed by atoms with Crippen LogP contribution in [-0.2, 0) is 23.0 Å². The number of aromatic nitrogens is 2. The number of rotatable bonds is 2. The number of esters is 1. The molecule has 0 saturated carbocycles. The van der Waals surface area contributed by atoms with Crippen LogP contribution in [0.2, 0.25) is 0 Å². The monoisotopic (exact) mass is 196 g/mol. The van der Waals surface area contributed by atoms with Crippen molar-refractivity contribution in [3.63, 3.8) is 0 Å². The molecule has 0 aliphatic carbocycles. The van der Waals surface area contributed by atoms with Crippen LogP contribution in [0.4, 0.5) is 0 Å². The van der Waals surface area contributed by atoms with Crippen LogP contribution in [0.25, 0.3) is 0 Å². The minimum absolute atomic E-state index is 0.223. The van der Waals surface area contributed by atoms with Crippen molar-refractivity contribution >= 4 is 5.97 Å². The number of hydrogen-bond acceptors (Lipinski definition) is 3. The molecular formula is C10H16N2O2. The molecule has 4 heteroatoms. The Morgan fingerprint density at radius 1 is 1.57 bits per heavy atom. The van der Waals surface area contributed by atoms with Crippen molar-refractivity contribution in [3.8, 4) is 0 Å². The van der Waals surface area contributed by atoms with E-state index in [0.29, 0.717) is 0 Å². The Labute approximate surface area is 83.9 Å². The molecule has 0 amide bonds. The molecule has 0 aliphatic heterocycles. The average molecular weight is 196 g/mol. The first-order chi connectivity index (χ1) is 6.38. The van der Waals surface area contributed by atoms with Crippen LogP contribution in [0.15, 0.2) is 12.4 Å². The van der Waals surface area contributed by atoms with Crippen molar-refractivity contribution in [2.45, 2.75) is 32.8 Å². The summed E-state index contributed by atoms with van der Waals surface area (Å²) in [6, 6.07) is 0. The van der Waals surface area contributed by atoms with Gasteiger partial charge in [0.1, 0.15) is 17.8 Å². The van der Waals surface area contributed by atoms with Crippen molar-refractivity contribution in [2.24, 2.45) is 7.05 Å². The zero-order valence-corrected chi connectivity index (χ0v) is 9.07. The molecule has 0 aromatic carbocycles. The predicted molar refractivity (Wildman–Crippen MR) is 52.8 cm³/mol. The number of nitrogens with zero attached hydrogens (tertiary/aromatic N) is 2. The van der Waals surface area contributed by atoms with Crippen LogP contribution in [0.1, 0.15) is 26.6 Å². The summed E-state index contributed by atoms with van der Waals surface area (Å²) in [7, 11) is 1.85. The largest absolute Gasteiger partial charge is 0.460 e. The van der Waals surface area contributed by atoms with Gasteiger partial charge in [0.15, 0.2) is 0 Å². The molecule has 78 valence electrons. The zero-order chi connectivity index (χ0) is 10.8. The first-order valence-electron chi connectivity index (χ1n) is 4.56. The number of aryl methyl sites for hydroxylation is 1. The quantitative estimate of drug-likeness (QED) is 0.670. The van der Waals surface area contributed by atoms with E-state index in [0.717, 1.165) is 5.82 Å². The van der Waals surface area contributed by atoms with E-state index < -0.39 is 5.60 Å². The third-order valence-corrected chi connectivity index (χ3v) is 1.64. The van der Waals surface area contributed by atoms with E-state index in [2.05, 4.69) is 4.98 Å². The highest BCUT2D eigenvalue weighted by atomic mass is 16.6. The second-order valence-electron chi connectivity index (χ2n) is 4.22. The van der Waals surface area contributed by atoms with Crippen molar-refractivity contribution in [1.29, 1.82) is 0 Å². The van der Waals surface area contributed by atoms with Gasteiger partial charge in [-0.3, -0.25) is 4.79 Å². The molecular weight excluding hydrogens is 180 g/mol. The van der Waals surface area contributed by atoms with Gasteiger partial charge in [0.05, 0.1) is 0 Å². The van der Waals surface area contributed by atoms with Crippen LogP contribution in [-0.4, -0.2) is 21.1 Å². The molecule has 1 aromatic heterocycles. The predicted octanol–water partition coefficient (Wildman–Crippen LogP) is 1.30. The first kappa shape index (κ1) is 10.8. The molecule has 0 radical (unpaired) electrons. The Hall–Kier alpha value is -1.32. The molecule has 0 atom stereocenters. The molecule has 1 aromatic rings. The van der Waals surface area contributed by atoms with Gasteiger partial charge >= 0.3 is 5.97 Å². The molecule has 0 bridgehead atoms. The normalized spacial score (nSPS) is 11.4. The summed E-state index contributed by atoms with van der Waals surface area (Å²) in [5.41, 5.74) is -0.428. The molecule has 4 nitrogen and oxygen atoms in total. The van der Waals surface area contributed by atoms with E-state index in [1.165, 1.54) is 0 Å². The molecule has 1 heterocycles. The standard InChI is InChI=1S/C10H16N2O2/c1-10(2,3)14-9(13)7-8-11-5-6-12(8)4/h5-6H,7H2,1-4H3. The van der Waals surface area contributed by atoms with Gasteiger partial charge in [-0.05, 0) is 20.8 Å². The number of carbonyl (C=O) groups excluding carboxylic acids is 1. The van der Waals surface area contributed by atoms with Gasteiger partial charge in [0.25, 0.3) is 0 Å². The second kappa shape index (κ2) is 3.82. The molecule has 14 heavy (non-hydrogen) atoms. The minimum atomic E-state index is -0.428. The third kappa shape index (κ3) is 3.20. The fourth-order valence-electron chi connectivity index (χ4n) is 1.07. The van der Waals surface area contributed by atoms with Crippen molar-refractivity contribution in [3.05, 3.63) is 18.2 Å². The van der Waals surface area contributed by atoms with E-state index in [1.807, 2.05) is 32.4 Å². The fraction of sp³-hybridized carbons (Fsp3) is 0.600. The van der Waals surface area contributed by atoms with Crippen molar-refractivity contribution < 1.29 is 9.53 Å². The maximum Gasteiger partial charge on any atom is 0.313 e. The summed E-state index contributed by atoms with van der Waals surface area (Å²) < 4.78 is 6.98. The topological polar surface area (TPSA) is 44.1 Å². The maximum atomic E-state index is 11.4. The van der Waals surface area contributed by atoms with E-state index in [9.17, 15) is 4.79 Å². The Morgan fingerprint density at radius 3 is 2.64 bits per heavy atom. The highest BCUT2D eigenvalue weighted by Gasteiger charge is 2.17. The summed E-state index contributed by atoms with van der Waals surface area (Å²) in [5.74, 6) is 0.478. The zero-order valence-electron chi connectivity index (χ0n) is 9.07. The average Bonchev–Trinajstić information content (AvgIpc) is 2.32. The molecule has 0 aliphatic rings. The van der Waals surface area contributed by atoms with Gasteiger partial charge in [-0.15, -0.1) is 0 Å². The fourth-order valence-corrected chi connectivity index (χ4v) is 1.07. The van der Waals surface area contributed by atoms with Crippen molar-refractivity contribution in [1.82, 2.24) is 9.55 Å². The number of imidazole rings is 1. The summed E-state index contributed by atoms with van der Waals surface area (Å²) in [6.07, 6.45) is 3.69. The Kier molecular flexibility index (Phi) is 2.93. The minimum Gasteiger partial charge on any atom is -0.460 e. The van der Waals surface area contributed by atoms with Crippen LogP contribution in [0, 0.1) is 0 Å². The summed E-state index contributed by atoms with van der Waals surface area (Å²) >= 11 is 0. The number of hydrogen-bond donors (Lipinski definition) is 0. The van der Waals surface area contributed by atoms with Crippen LogP contribution >= 0.6 is 0 Å². The van der Waals surface area contributed by atoms with Gasteiger partial charge in [-0.25, -0.2) is 4.98 Å². The van der Waals surface area contributed by atoms with Crippen LogP contribution in [0.3, 0.4) is 0 Å². The lowest BCUT2D eigenvalue weighted by atomic mass is 10.2. The first-order valence-corrected chi connectivity index (χ1v) is 4.56. The highest BCUT2D eigenvalue weighted by Crippen LogP contribution is 2.08. The Morgan fingerprint density at radius 2 is 2.21 bits per heavy atom. The van der Waals surface area contributed by atoms with Crippen molar-refractivity contribution in [2.75, 3.05) is 0 Å². The van der Waals surface area contributed by atoms with Gasteiger partial charge < -0.3 is 9.30 Å². The highest BCUT2D eigenvalue weighted by molar-refractivity contribution is 5.72. The molecule has 0 N–H and O–H groups in total. The van der Waals surface area contributed by atoms with E-state index in [-0.39, 0.29) is 12.4 Å². The third-order valence-electron chi connectivity index (χ3n) is 1.64. The number of ether oxygens (including phenoxy) is 1. The number of carbonyl (C=O) groups is 1. The van der Waals surface area contributed by atoms with E-state index in [4.69, 9.17) is 4.74 Å². The van der Waals surface area contributed by atoms with E-state index in [1.54, 1.807) is 12.4 Å². The maximum absolute atomic E-state index is 11.4.